The van der Waals surface area contributed by atoms with E-state index in [0.29, 0.717) is 57.3 Å². The van der Waals surface area contributed by atoms with Crippen LogP contribution < -0.4 is 28.4 Å². The van der Waals surface area contributed by atoms with Crippen LogP contribution in [0, 0.1) is 0 Å². The molecular weight excluding hydrogens is 1130 g/mol. The Morgan fingerprint density at radius 2 is 0.689 bits per heavy atom. The number of hydrogen-bond acceptors (Lipinski definition) is 10. The monoisotopic (exact) mass is 1190 g/mol. The first kappa shape index (κ1) is 55.2. The lowest BCUT2D eigenvalue weighted by Crippen LogP contribution is -2.04. The number of aliphatic carboxylic acids is 2. The molecule has 0 unspecified atom stereocenters. The summed E-state index contributed by atoms with van der Waals surface area (Å²) in [6, 6.07) is 63.4. The number of methoxy groups -OCH3 is 4. The normalized spacial score (nSPS) is 11.8. The maximum Gasteiger partial charge on any atom is 0.303 e. The van der Waals surface area contributed by atoms with E-state index in [2.05, 4.69) is 168 Å². The molecule has 0 amide bonds. The van der Waals surface area contributed by atoms with Crippen LogP contribution in [0.25, 0.3) is 154 Å². The van der Waals surface area contributed by atoms with Gasteiger partial charge in [0.25, 0.3) is 0 Å². The predicted octanol–water partition coefficient (Wildman–Crippen LogP) is 17.8. The number of nitrogens with zero attached hydrogens (tertiary/aromatic N) is 2. The highest BCUT2D eigenvalue weighted by molar-refractivity contribution is 6.21. The van der Waals surface area contributed by atoms with Crippen molar-refractivity contribution in [2.75, 3.05) is 41.7 Å². The van der Waals surface area contributed by atoms with Crippen molar-refractivity contribution in [3.63, 3.8) is 0 Å². The van der Waals surface area contributed by atoms with Crippen LogP contribution in [0.1, 0.15) is 25.7 Å². The van der Waals surface area contributed by atoms with E-state index in [1.807, 2.05) is 24.3 Å². The summed E-state index contributed by atoms with van der Waals surface area (Å²) in [4.78, 5) is 43.0. The van der Waals surface area contributed by atoms with Gasteiger partial charge in [0, 0.05) is 78.8 Å². The molecule has 442 valence electrons. The van der Waals surface area contributed by atoms with Crippen molar-refractivity contribution in [2.24, 2.45) is 0 Å². The Morgan fingerprint density at radius 1 is 0.389 bits per heavy atom. The summed E-state index contributed by atoms with van der Waals surface area (Å²) in [6.45, 7) is 0.244. The van der Waals surface area contributed by atoms with Crippen LogP contribution in [0.2, 0.25) is 0 Å². The molecule has 3 aromatic heterocycles. The van der Waals surface area contributed by atoms with Crippen LogP contribution in [0.3, 0.4) is 0 Å². The minimum atomic E-state index is -0.910. The highest BCUT2D eigenvalue weighted by atomic mass is 16.5. The van der Waals surface area contributed by atoms with E-state index in [-0.39, 0.29) is 38.9 Å². The summed E-state index contributed by atoms with van der Waals surface area (Å²) in [5.74, 6) is 0.459. The second kappa shape index (κ2) is 22.4. The summed E-state index contributed by atoms with van der Waals surface area (Å²) in [5, 5.41) is 31.1. The Bertz CT molecular complexity index is 4970. The van der Waals surface area contributed by atoms with Crippen molar-refractivity contribution in [1.82, 2.24) is 19.9 Å². The summed E-state index contributed by atoms with van der Waals surface area (Å²) in [6.07, 6.45) is 0.441. The van der Waals surface area contributed by atoms with Gasteiger partial charge in [-0.2, -0.15) is 0 Å². The largest absolute Gasteiger partial charge is 0.493 e. The number of carboxylic acid groups (broad SMARTS) is 2. The minimum Gasteiger partial charge on any atom is -0.493 e. The number of aromatic nitrogens is 4. The minimum absolute atomic E-state index is 0.0596. The Morgan fingerprint density at radius 3 is 1.00 bits per heavy atom. The summed E-state index contributed by atoms with van der Waals surface area (Å²) in [5.41, 5.74) is 12.6. The molecule has 5 heterocycles. The van der Waals surface area contributed by atoms with Crippen LogP contribution >= 0.6 is 0 Å². The highest BCUT2D eigenvalue weighted by Crippen LogP contribution is 2.53. The molecule has 8 bridgehead atoms. The number of aromatic amines is 2. The molecule has 14 nitrogen and oxygen atoms in total. The van der Waals surface area contributed by atoms with Crippen molar-refractivity contribution in [3.05, 3.63) is 182 Å². The van der Waals surface area contributed by atoms with Crippen molar-refractivity contribution < 1.29 is 48.2 Å². The highest BCUT2D eigenvalue weighted by Gasteiger charge is 2.30. The van der Waals surface area contributed by atoms with Gasteiger partial charge in [-0.3, -0.25) is 9.59 Å². The number of ether oxygens (including phenoxy) is 6. The standard InChI is InChI=1S/C76H58N4O10/c1-85-63-35-49(36-64(86-2)75(63)89-25-13-23-67(81)82)69-71-55-31-45-19-9-5-15-41(45)27-51(55)59(77-71)39-61-53-29-43-17-7-11-21-47(43)33-57(53)73(79-61)70(50-37-65(87-3)76(66(38-50)88-4)90-26-14-24-68(83)84)74-58-34-48-22-12-8-18-44(48)30-54(58)62(80-74)40-60-52-28-42-16-6-10-20-46(42)32-56(52)72(69)78-60/h5-12,15-22,27-40,77,80H,13-14,23-26H2,1-4H3,(H,81,82)(H,83,84). The first-order chi connectivity index (χ1) is 44.0. The Hall–Kier alpha value is -11.4. The van der Waals surface area contributed by atoms with Crippen molar-refractivity contribution >= 4 is 98.6 Å². The number of nitrogens with one attached hydrogen (secondary N) is 2. The van der Waals surface area contributed by atoms with E-state index in [4.69, 9.17) is 38.4 Å². The van der Waals surface area contributed by atoms with Crippen molar-refractivity contribution in [2.45, 2.75) is 25.7 Å². The zero-order chi connectivity index (χ0) is 61.3. The van der Waals surface area contributed by atoms with Gasteiger partial charge >= 0.3 is 11.9 Å². The van der Waals surface area contributed by atoms with Gasteiger partial charge in [0.1, 0.15) is 0 Å². The average Bonchev–Trinajstić information content (AvgIpc) is 1.58. The van der Waals surface area contributed by atoms with Gasteiger partial charge < -0.3 is 48.6 Å². The number of rotatable bonds is 16. The smallest absolute Gasteiger partial charge is 0.303 e. The van der Waals surface area contributed by atoms with Gasteiger partial charge in [0.2, 0.25) is 11.5 Å². The fraction of sp³-hybridized carbons (Fsp3) is 0.132. The topological polar surface area (TPSA) is 187 Å². The van der Waals surface area contributed by atoms with E-state index in [9.17, 15) is 19.8 Å². The molecule has 90 heavy (non-hydrogen) atoms. The quantitative estimate of drug-likeness (QED) is 0.0672. The Labute approximate surface area is 515 Å². The molecule has 0 radical (unpaired) electrons. The molecule has 14 heteroatoms. The maximum atomic E-state index is 11.6. The van der Waals surface area contributed by atoms with Crippen LogP contribution in [0.5, 0.6) is 34.5 Å². The van der Waals surface area contributed by atoms with Crippen molar-refractivity contribution in [1.29, 1.82) is 0 Å². The zero-order valence-corrected chi connectivity index (χ0v) is 49.6. The van der Waals surface area contributed by atoms with E-state index >= 15 is 0 Å². The lowest BCUT2D eigenvalue weighted by molar-refractivity contribution is -0.138. The van der Waals surface area contributed by atoms with E-state index in [1.165, 1.54) is 0 Å². The van der Waals surface area contributed by atoms with Crippen LogP contribution in [0.4, 0.5) is 0 Å². The summed E-state index contributed by atoms with van der Waals surface area (Å²) >= 11 is 0. The van der Waals surface area contributed by atoms with E-state index in [0.717, 1.165) is 131 Å². The lowest BCUT2D eigenvalue weighted by atomic mass is 9.93. The second-order valence-electron chi connectivity index (χ2n) is 22.6. The van der Waals surface area contributed by atoms with Gasteiger partial charge in [0.15, 0.2) is 23.0 Å². The lowest BCUT2D eigenvalue weighted by Gasteiger charge is -2.17. The third-order valence-electron chi connectivity index (χ3n) is 17.3. The Kier molecular flexibility index (Phi) is 13.7. The van der Waals surface area contributed by atoms with E-state index < -0.39 is 11.9 Å². The number of carbonyl (C=O) groups is 2. The third kappa shape index (κ3) is 9.51. The predicted molar refractivity (Wildman–Crippen MR) is 357 cm³/mol. The van der Waals surface area contributed by atoms with Crippen LogP contribution in [0.15, 0.2) is 182 Å². The number of H-pyrrole nitrogens is 2. The van der Waals surface area contributed by atoms with Gasteiger partial charge in [-0.1, -0.05) is 97.1 Å². The molecule has 0 atom stereocenters. The average molecular weight is 1190 g/mol. The van der Waals surface area contributed by atoms with Crippen LogP contribution in [-0.2, 0) is 9.59 Å². The van der Waals surface area contributed by atoms with E-state index in [1.54, 1.807) is 28.4 Å². The van der Waals surface area contributed by atoms with Gasteiger partial charge in [0.05, 0.1) is 75.5 Å². The molecule has 13 aromatic rings. The molecule has 0 fully saturated rings. The molecule has 0 spiro atoms. The first-order valence-electron chi connectivity index (χ1n) is 29.8. The van der Waals surface area contributed by atoms with Gasteiger partial charge in [-0.15, -0.1) is 0 Å². The molecule has 10 aromatic carbocycles. The zero-order valence-electron chi connectivity index (χ0n) is 49.6. The number of benzene rings is 10. The number of fused-ring (bicyclic) bond motifs is 24. The van der Waals surface area contributed by atoms with Gasteiger partial charge in [-0.25, -0.2) is 9.97 Å². The molecule has 0 saturated heterocycles. The molecule has 15 rings (SSSR count). The fourth-order valence-electron chi connectivity index (χ4n) is 13.1. The van der Waals surface area contributed by atoms with Crippen LogP contribution in [-0.4, -0.2) is 83.7 Å². The fourth-order valence-corrected chi connectivity index (χ4v) is 13.1. The number of carboxylic acids is 2. The molecule has 2 aliphatic rings. The summed E-state index contributed by atoms with van der Waals surface area (Å²) in [7, 11) is 6.35. The maximum absolute atomic E-state index is 11.6. The Balaban J connectivity index is 1.15. The summed E-state index contributed by atoms with van der Waals surface area (Å²) < 4.78 is 37.5. The SMILES string of the molecule is COc1cc(-c2c3nc(cc4[nH]c(c(-c5cc(OC)c(OCCCC(=O)O)c(OC)c5)c5nc(cc6[nH]c2c2cc7ccccc7cc62)-c2cc6ccccc6cc2-5)c2cc5ccccc5cc42)-c2cc4ccccc4cc2-3)cc(OC)c1OCCCC(=O)O. The first-order valence-corrected chi connectivity index (χ1v) is 29.8. The molecule has 0 aliphatic carbocycles. The molecule has 4 N–H and O–H groups in total. The second-order valence-corrected chi connectivity index (χ2v) is 22.6. The molecular formula is C76H58N4O10. The van der Waals surface area contributed by atoms with Gasteiger partial charge in [-0.05, 0) is 152 Å². The molecule has 2 aliphatic heterocycles. The molecule has 0 saturated carbocycles. The third-order valence-corrected chi connectivity index (χ3v) is 17.3. The van der Waals surface area contributed by atoms with Crippen molar-refractivity contribution in [3.8, 4) is 102 Å². The number of hydrogen-bond donors (Lipinski definition) is 4.